The number of fused-ring (bicyclic) bond motifs is 1. The van der Waals surface area contributed by atoms with Crippen LogP contribution in [-0.4, -0.2) is 20.3 Å². The van der Waals surface area contributed by atoms with E-state index in [-0.39, 0.29) is 0 Å². The normalized spacial score (nSPS) is 12.9. The molecule has 0 radical (unpaired) electrons. The number of hydrogen-bond acceptors (Lipinski definition) is 3. The van der Waals surface area contributed by atoms with Gasteiger partial charge in [0, 0.05) is 12.1 Å². The molecule has 1 heterocycles. The van der Waals surface area contributed by atoms with Gasteiger partial charge in [0.05, 0.1) is 19.4 Å². The van der Waals surface area contributed by atoms with E-state index in [1.54, 1.807) is 7.11 Å². The lowest BCUT2D eigenvalue weighted by Crippen LogP contribution is -2.13. The van der Waals surface area contributed by atoms with E-state index >= 15 is 0 Å². The van der Waals surface area contributed by atoms with Gasteiger partial charge in [0.1, 0.15) is 11.5 Å². The van der Waals surface area contributed by atoms with Gasteiger partial charge in [-0.05, 0) is 60.7 Å². The van der Waals surface area contributed by atoms with E-state index in [1.165, 1.54) is 27.8 Å². The molecule has 0 aliphatic carbocycles. The molecule has 0 atom stereocenters. The molecule has 1 N–H and O–H groups in total. The smallest absolute Gasteiger partial charge is 0.145 e. The number of rotatable bonds is 5. The second-order valence-corrected chi connectivity index (χ2v) is 6.23. The molecule has 3 nitrogen and oxygen atoms in total. The average Bonchev–Trinajstić information content (AvgIpc) is 2.61. The fraction of sp³-hybridized carbons (Fsp3) is 0.333. The van der Waals surface area contributed by atoms with Crippen LogP contribution >= 0.6 is 0 Å². The maximum atomic E-state index is 6.00. The van der Waals surface area contributed by atoms with Crippen LogP contribution in [0.25, 0.3) is 11.6 Å². The zero-order chi connectivity index (χ0) is 17.1. The monoisotopic (exact) mass is 323 g/mol. The molecule has 3 heteroatoms. The predicted octanol–water partition coefficient (Wildman–Crippen LogP) is 5.07. The van der Waals surface area contributed by atoms with Gasteiger partial charge in [-0.2, -0.15) is 0 Å². The maximum absolute atomic E-state index is 6.00. The molecule has 126 valence electrons. The number of ether oxygens (including phenoxy) is 2. The van der Waals surface area contributed by atoms with E-state index in [4.69, 9.17) is 9.47 Å². The van der Waals surface area contributed by atoms with E-state index in [9.17, 15) is 0 Å². The Morgan fingerprint density at radius 2 is 1.83 bits per heavy atom. The summed E-state index contributed by atoms with van der Waals surface area (Å²) in [6.07, 6.45) is 3.29. The number of methoxy groups -OCH3 is 1. The number of hydrogen-bond donors (Lipinski definition) is 1. The van der Waals surface area contributed by atoms with Gasteiger partial charge in [-0.1, -0.05) is 25.1 Å². The third-order valence-corrected chi connectivity index (χ3v) is 4.40. The Morgan fingerprint density at radius 3 is 2.50 bits per heavy atom. The van der Waals surface area contributed by atoms with Gasteiger partial charge >= 0.3 is 0 Å². The zero-order valence-electron chi connectivity index (χ0n) is 14.9. The van der Waals surface area contributed by atoms with Gasteiger partial charge in [-0.25, -0.2) is 0 Å². The van der Waals surface area contributed by atoms with Crippen molar-refractivity contribution in [2.45, 2.75) is 27.2 Å². The van der Waals surface area contributed by atoms with Crippen LogP contribution in [0.5, 0.6) is 11.5 Å². The first-order valence-corrected chi connectivity index (χ1v) is 8.50. The van der Waals surface area contributed by atoms with Crippen LogP contribution in [0.4, 0.5) is 5.69 Å². The number of anilines is 1. The molecule has 2 aromatic rings. The molecule has 3 rings (SSSR count). The Kier molecular flexibility index (Phi) is 4.79. The summed E-state index contributed by atoms with van der Waals surface area (Å²) in [6, 6.07) is 10.4. The van der Waals surface area contributed by atoms with E-state index in [1.807, 2.05) is 12.1 Å². The van der Waals surface area contributed by atoms with Crippen molar-refractivity contribution < 1.29 is 9.47 Å². The number of benzene rings is 2. The lowest BCUT2D eigenvalue weighted by Gasteiger charge is -2.25. The quantitative estimate of drug-likeness (QED) is 0.833. The van der Waals surface area contributed by atoms with Gasteiger partial charge < -0.3 is 14.8 Å². The molecule has 0 spiro atoms. The summed E-state index contributed by atoms with van der Waals surface area (Å²) in [5, 5.41) is 3.57. The van der Waals surface area contributed by atoms with Crippen molar-refractivity contribution in [3.05, 3.63) is 52.6 Å². The fourth-order valence-corrected chi connectivity index (χ4v) is 3.14. The van der Waals surface area contributed by atoms with E-state index < -0.39 is 0 Å². The Bertz CT molecular complexity index is 760. The minimum atomic E-state index is 0.743. The van der Waals surface area contributed by atoms with Crippen LogP contribution in [0.2, 0.25) is 0 Å². The molecule has 0 saturated carbocycles. The Morgan fingerprint density at radius 1 is 1.08 bits per heavy atom. The van der Waals surface area contributed by atoms with Gasteiger partial charge in [-0.3, -0.25) is 0 Å². The van der Waals surface area contributed by atoms with Crippen LogP contribution < -0.4 is 14.8 Å². The summed E-state index contributed by atoms with van der Waals surface area (Å²) in [6.45, 7) is 7.94. The summed E-state index contributed by atoms with van der Waals surface area (Å²) >= 11 is 0. The first-order valence-electron chi connectivity index (χ1n) is 8.50. The fourth-order valence-electron chi connectivity index (χ4n) is 3.14. The minimum absolute atomic E-state index is 0.743. The standard InChI is InChI=1S/C21H25NO2/c1-5-10-24-21-15(3)11-14(2)19-12-17(13-22-20(19)21)16-6-8-18(23-4)9-7-16/h6-9,11-12,22H,5,10,13H2,1-4H3. The van der Waals surface area contributed by atoms with Crippen LogP contribution in [0, 0.1) is 13.8 Å². The highest BCUT2D eigenvalue weighted by Crippen LogP contribution is 2.40. The highest BCUT2D eigenvalue weighted by Gasteiger charge is 2.19. The molecular formula is C21H25NO2. The SMILES string of the molecule is CCCOc1c(C)cc(C)c2c1NCC(c1ccc(OC)cc1)=C2. The predicted molar refractivity (Wildman–Crippen MR) is 101 cm³/mol. The maximum Gasteiger partial charge on any atom is 0.145 e. The van der Waals surface area contributed by atoms with Gasteiger partial charge in [0.25, 0.3) is 0 Å². The molecule has 0 bridgehead atoms. The zero-order valence-corrected chi connectivity index (χ0v) is 14.9. The summed E-state index contributed by atoms with van der Waals surface area (Å²) in [7, 11) is 1.69. The Labute approximate surface area is 144 Å². The lowest BCUT2D eigenvalue weighted by atomic mass is 9.93. The average molecular weight is 323 g/mol. The second kappa shape index (κ2) is 7.00. The Hall–Kier alpha value is -2.42. The highest BCUT2D eigenvalue weighted by molar-refractivity contribution is 5.93. The molecule has 1 aliphatic rings. The number of aryl methyl sites for hydroxylation is 2. The summed E-state index contributed by atoms with van der Waals surface area (Å²) in [4.78, 5) is 0. The summed E-state index contributed by atoms with van der Waals surface area (Å²) < 4.78 is 11.2. The third-order valence-electron chi connectivity index (χ3n) is 4.40. The van der Waals surface area contributed by atoms with E-state index in [0.717, 1.165) is 36.8 Å². The summed E-state index contributed by atoms with van der Waals surface area (Å²) in [5.74, 6) is 1.87. The first kappa shape index (κ1) is 16.4. The largest absolute Gasteiger partial charge is 0.497 e. The molecule has 0 fully saturated rings. The van der Waals surface area contributed by atoms with Gasteiger partial charge in [-0.15, -0.1) is 0 Å². The molecular weight excluding hydrogens is 298 g/mol. The molecule has 2 aromatic carbocycles. The third kappa shape index (κ3) is 3.12. The van der Waals surface area contributed by atoms with Crippen LogP contribution in [-0.2, 0) is 0 Å². The minimum Gasteiger partial charge on any atom is -0.497 e. The molecule has 0 unspecified atom stereocenters. The number of nitrogens with one attached hydrogen (secondary N) is 1. The van der Waals surface area contributed by atoms with Crippen molar-refractivity contribution in [1.29, 1.82) is 0 Å². The topological polar surface area (TPSA) is 30.5 Å². The van der Waals surface area contributed by atoms with Crippen molar-refractivity contribution in [3.8, 4) is 11.5 Å². The second-order valence-electron chi connectivity index (χ2n) is 6.23. The van der Waals surface area contributed by atoms with E-state index in [0.29, 0.717) is 0 Å². The van der Waals surface area contributed by atoms with Gasteiger partial charge in [0.2, 0.25) is 0 Å². The van der Waals surface area contributed by atoms with Crippen molar-refractivity contribution >= 4 is 17.3 Å². The van der Waals surface area contributed by atoms with Gasteiger partial charge in [0.15, 0.2) is 0 Å². The highest BCUT2D eigenvalue weighted by atomic mass is 16.5. The lowest BCUT2D eigenvalue weighted by molar-refractivity contribution is 0.316. The van der Waals surface area contributed by atoms with Crippen molar-refractivity contribution in [1.82, 2.24) is 0 Å². The van der Waals surface area contributed by atoms with Crippen LogP contribution in [0.3, 0.4) is 0 Å². The van der Waals surface area contributed by atoms with Crippen LogP contribution in [0.1, 0.15) is 35.6 Å². The van der Waals surface area contributed by atoms with E-state index in [2.05, 4.69) is 50.4 Å². The molecule has 0 amide bonds. The molecule has 1 aliphatic heterocycles. The van der Waals surface area contributed by atoms with Crippen molar-refractivity contribution in [2.75, 3.05) is 25.6 Å². The molecule has 0 saturated heterocycles. The van der Waals surface area contributed by atoms with Crippen molar-refractivity contribution in [2.24, 2.45) is 0 Å². The molecule has 24 heavy (non-hydrogen) atoms. The summed E-state index contributed by atoms with van der Waals surface area (Å²) in [5.41, 5.74) is 7.29. The Balaban J connectivity index is 2.00. The first-order chi connectivity index (χ1) is 11.6. The molecule has 0 aromatic heterocycles. The van der Waals surface area contributed by atoms with Crippen molar-refractivity contribution in [3.63, 3.8) is 0 Å². The van der Waals surface area contributed by atoms with Crippen LogP contribution in [0.15, 0.2) is 30.3 Å².